The third-order valence-corrected chi connectivity index (χ3v) is 2.09. The zero-order valence-corrected chi connectivity index (χ0v) is 6.62. The molecule has 2 rings (SSSR count). The van der Waals surface area contributed by atoms with Crippen LogP contribution in [-0.2, 0) is 6.61 Å². The van der Waals surface area contributed by atoms with Gasteiger partial charge in [0.25, 0.3) is 0 Å². The molecule has 0 amide bonds. The van der Waals surface area contributed by atoms with Crippen molar-refractivity contribution in [3.05, 3.63) is 17.5 Å². The molecule has 3 nitrogen and oxygen atoms in total. The van der Waals surface area contributed by atoms with Crippen LogP contribution in [0.2, 0.25) is 0 Å². The van der Waals surface area contributed by atoms with E-state index in [1.165, 1.54) is 12.8 Å². The highest BCUT2D eigenvalue weighted by Gasteiger charge is 2.24. The van der Waals surface area contributed by atoms with Gasteiger partial charge in [-0.3, -0.25) is 4.68 Å². The van der Waals surface area contributed by atoms with Gasteiger partial charge < -0.3 is 5.11 Å². The minimum Gasteiger partial charge on any atom is -0.390 e. The van der Waals surface area contributed by atoms with Crippen LogP contribution in [0.5, 0.6) is 0 Å². The molecular weight excluding hydrogens is 140 g/mol. The fraction of sp³-hybridized carbons (Fsp3) is 0.625. The summed E-state index contributed by atoms with van der Waals surface area (Å²) in [6.45, 7) is 2.04. The summed E-state index contributed by atoms with van der Waals surface area (Å²) in [7, 11) is 0. The minimum atomic E-state index is 0.0611. The molecule has 0 aromatic carbocycles. The molecule has 1 aliphatic carbocycles. The topological polar surface area (TPSA) is 38.0 Å². The first kappa shape index (κ1) is 6.85. The smallest absolute Gasteiger partial charge is 0.0908 e. The first-order chi connectivity index (χ1) is 5.31. The molecule has 1 saturated carbocycles. The van der Waals surface area contributed by atoms with Gasteiger partial charge in [0.15, 0.2) is 0 Å². The molecule has 0 aliphatic heterocycles. The van der Waals surface area contributed by atoms with Crippen molar-refractivity contribution in [1.29, 1.82) is 0 Å². The van der Waals surface area contributed by atoms with Crippen LogP contribution >= 0.6 is 0 Å². The summed E-state index contributed by atoms with van der Waals surface area (Å²) in [5.41, 5.74) is 1.91. The van der Waals surface area contributed by atoms with Gasteiger partial charge in [0.2, 0.25) is 0 Å². The Morgan fingerprint density at radius 2 is 2.45 bits per heavy atom. The SMILES string of the molecule is Cc1cn(C2CC2)nc1CO. The fourth-order valence-electron chi connectivity index (χ4n) is 1.20. The van der Waals surface area contributed by atoms with E-state index in [1.54, 1.807) is 0 Å². The van der Waals surface area contributed by atoms with Gasteiger partial charge in [-0.2, -0.15) is 5.10 Å². The third kappa shape index (κ3) is 1.16. The predicted molar refractivity (Wildman–Crippen MR) is 41.2 cm³/mol. The van der Waals surface area contributed by atoms with Crippen molar-refractivity contribution in [3.63, 3.8) is 0 Å². The number of aryl methyl sites for hydroxylation is 1. The molecule has 3 heteroatoms. The highest BCUT2D eigenvalue weighted by molar-refractivity contribution is 5.14. The Morgan fingerprint density at radius 1 is 1.73 bits per heavy atom. The van der Waals surface area contributed by atoms with Gasteiger partial charge in [0.1, 0.15) is 0 Å². The van der Waals surface area contributed by atoms with Crippen LogP contribution in [0.15, 0.2) is 6.20 Å². The maximum absolute atomic E-state index is 8.86. The summed E-state index contributed by atoms with van der Waals surface area (Å²) in [6, 6.07) is 0.619. The van der Waals surface area contributed by atoms with Crippen molar-refractivity contribution in [1.82, 2.24) is 9.78 Å². The molecule has 1 aromatic rings. The molecule has 0 spiro atoms. The lowest BCUT2D eigenvalue weighted by atomic mass is 10.3. The molecule has 60 valence electrons. The maximum Gasteiger partial charge on any atom is 0.0908 e. The highest BCUT2D eigenvalue weighted by atomic mass is 16.3. The number of aromatic nitrogens is 2. The second kappa shape index (κ2) is 2.34. The summed E-state index contributed by atoms with van der Waals surface area (Å²) in [4.78, 5) is 0. The van der Waals surface area contributed by atoms with Crippen molar-refractivity contribution in [2.45, 2.75) is 32.4 Å². The number of aliphatic hydroxyl groups is 1. The lowest BCUT2D eigenvalue weighted by Crippen LogP contribution is -1.95. The normalized spacial score (nSPS) is 17.3. The Hall–Kier alpha value is -0.830. The van der Waals surface area contributed by atoms with Gasteiger partial charge in [-0.05, 0) is 25.3 Å². The third-order valence-electron chi connectivity index (χ3n) is 2.09. The zero-order chi connectivity index (χ0) is 7.84. The molecule has 0 atom stereocenters. The fourth-order valence-corrected chi connectivity index (χ4v) is 1.20. The molecule has 1 fully saturated rings. The quantitative estimate of drug-likeness (QED) is 0.687. The molecule has 0 unspecified atom stereocenters. The standard InChI is InChI=1S/C8H12N2O/c1-6-4-10(7-2-3-7)9-8(6)5-11/h4,7,11H,2-3,5H2,1H3. The van der Waals surface area contributed by atoms with E-state index in [4.69, 9.17) is 5.11 Å². The summed E-state index contributed by atoms with van der Waals surface area (Å²) in [5, 5.41) is 13.1. The number of hydrogen-bond donors (Lipinski definition) is 1. The largest absolute Gasteiger partial charge is 0.390 e. The number of hydrogen-bond acceptors (Lipinski definition) is 2. The van der Waals surface area contributed by atoms with E-state index in [0.29, 0.717) is 6.04 Å². The molecular formula is C8H12N2O. The van der Waals surface area contributed by atoms with Crippen molar-refractivity contribution in [2.75, 3.05) is 0 Å². The number of aliphatic hydroxyl groups excluding tert-OH is 1. The summed E-state index contributed by atoms with van der Waals surface area (Å²) >= 11 is 0. The second-order valence-electron chi connectivity index (χ2n) is 3.13. The van der Waals surface area contributed by atoms with Crippen LogP contribution in [0, 0.1) is 6.92 Å². The van der Waals surface area contributed by atoms with Gasteiger partial charge in [0.05, 0.1) is 18.3 Å². The van der Waals surface area contributed by atoms with Gasteiger partial charge in [-0.1, -0.05) is 0 Å². The van der Waals surface area contributed by atoms with Gasteiger partial charge in [0, 0.05) is 6.20 Å². The molecule has 0 radical (unpaired) electrons. The van der Waals surface area contributed by atoms with Crippen molar-refractivity contribution in [3.8, 4) is 0 Å². The lowest BCUT2D eigenvalue weighted by molar-refractivity contribution is 0.274. The van der Waals surface area contributed by atoms with Crippen molar-refractivity contribution >= 4 is 0 Å². The van der Waals surface area contributed by atoms with E-state index < -0.39 is 0 Å². The van der Waals surface area contributed by atoms with Gasteiger partial charge in [-0.15, -0.1) is 0 Å². The Labute approximate surface area is 65.7 Å². The maximum atomic E-state index is 8.86. The average molecular weight is 152 g/mol. The Kier molecular flexibility index (Phi) is 1.46. The summed E-state index contributed by atoms with van der Waals surface area (Å²) in [6.07, 6.45) is 4.50. The minimum absolute atomic E-state index is 0.0611. The Balaban J connectivity index is 2.28. The van der Waals surface area contributed by atoms with Crippen LogP contribution in [-0.4, -0.2) is 14.9 Å². The predicted octanol–water partition coefficient (Wildman–Crippen LogP) is 1.02. The van der Waals surface area contributed by atoms with E-state index >= 15 is 0 Å². The molecule has 1 aliphatic rings. The zero-order valence-electron chi connectivity index (χ0n) is 6.62. The molecule has 0 bridgehead atoms. The molecule has 1 N–H and O–H groups in total. The molecule has 1 heterocycles. The average Bonchev–Trinajstić information content (AvgIpc) is 2.76. The van der Waals surface area contributed by atoms with Crippen molar-refractivity contribution in [2.24, 2.45) is 0 Å². The van der Waals surface area contributed by atoms with Crippen molar-refractivity contribution < 1.29 is 5.11 Å². The van der Waals surface area contributed by atoms with Crippen LogP contribution in [0.3, 0.4) is 0 Å². The lowest BCUT2D eigenvalue weighted by Gasteiger charge is -1.93. The van der Waals surface area contributed by atoms with E-state index in [9.17, 15) is 0 Å². The van der Waals surface area contributed by atoms with E-state index in [2.05, 4.69) is 5.10 Å². The molecule has 0 saturated heterocycles. The Morgan fingerprint density at radius 3 is 2.91 bits per heavy atom. The summed E-state index contributed by atoms with van der Waals surface area (Å²) in [5.74, 6) is 0. The molecule has 11 heavy (non-hydrogen) atoms. The molecule has 1 aromatic heterocycles. The number of nitrogens with zero attached hydrogens (tertiary/aromatic N) is 2. The van der Waals surface area contributed by atoms with Gasteiger partial charge >= 0.3 is 0 Å². The van der Waals surface area contributed by atoms with Crippen LogP contribution in [0.1, 0.15) is 30.1 Å². The monoisotopic (exact) mass is 152 g/mol. The van der Waals surface area contributed by atoms with E-state index in [-0.39, 0.29) is 6.61 Å². The van der Waals surface area contributed by atoms with Gasteiger partial charge in [-0.25, -0.2) is 0 Å². The Bertz CT molecular complexity index is 263. The second-order valence-corrected chi connectivity index (χ2v) is 3.13. The van der Waals surface area contributed by atoms with E-state index in [0.717, 1.165) is 11.3 Å². The number of rotatable bonds is 2. The summed E-state index contributed by atoms with van der Waals surface area (Å²) < 4.78 is 1.97. The van der Waals surface area contributed by atoms with Crippen LogP contribution in [0.25, 0.3) is 0 Å². The van der Waals surface area contributed by atoms with E-state index in [1.807, 2.05) is 17.8 Å². The van der Waals surface area contributed by atoms with Crippen LogP contribution < -0.4 is 0 Å². The van der Waals surface area contributed by atoms with Crippen LogP contribution in [0.4, 0.5) is 0 Å². The highest BCUT2D eigenvalue weighted by Crippen LogP contribution is 2.34. The first-order valence-electron chi connectivity index (χ1n) is 3.96. The first-order valence-corrected chi connectivity index (χ1v) is 3.96.